The Morgan fingerprint density at radius 1 is 1.40 bits per heavy atom. The average molecular weight is 276 g/mol. The maximum absolute atomic E-state index is 12.2. The largest absolute Gasteiger partial charge is 0.504 e. The first-order valence-electron chi connectivity index (χ1n) is 6.68. The molecule has 1 aromatic rings. The number of hydrogen-bond donors (Lipinski definition) is 3. The Morgan fingerprint density at radius 3 is 2.75 bits per heavy atom. The van der Waals surface area contributed by atoms with Crippen LogP contribution in [0, 0.1) is 0 Å². The van der Waals surface area contributed by atoms with Gasteiger partial charge in [0.05, 0.1) is 6.04 Å². The lowest BCUT2D eigenvalue weighted by Gasteiger charge is -2.28. The molecule has 2 rings (SSSR count). The normalized spacial score (nSPS) is 16.7. The molecule has 1 heterocycles. The molecule has 20 heavy (non-hydrogen) atoms. The first kappa shape index (κ1) is 14.4. The molecule has 0 bridgehead atoms. The van der Waals surface area contributed by atoms with Gasteiger partial charge in [-0.05, 0) is 37.5 Å². The predicted molar refractivity (Wildman–Crippen MR) is 76.4 cm³/mol. The highest BCUT2D eigenvalue weighted by molar-refractivity contribution is 5.82. The summed E-state index contributed by atoms with van der Waals surface area (Å²) >= 11 is 0. The lowest BCUT2D eigenvalue weighted by atomic mass is 10.0. The second kappa shape index (κ2) is 5.96. The molecule has 0 spiro atoms. The number of phenolic OH excluding ortho intramolecular Hbond substituents is 2. The highest BCUT2D eigenvalue weighted by Gasteiger charge is 2.22. The van der Waals surface area contributed by atoms with E-state index in [4.69, 9.17) is 5.73 Å². The average Bonchev–Trinajstić information content (AvgIpc) is 2.43. The molecule has 0 saturated carbocycles. The topological polar surface area (TPSA) is 86.8 Å². The Morgan fingerprint density at radius 2 is 2.15 bits per heavy atom. The zero-order valence-corrected chi connectivity index (χ0v) is 11.5. The van der Waals surface area contributed by atoms with Crippen molar-refractivity contribution in [2.75, 3.05) is 13.1 Å². The first-order valence-corrected chi connectivity index (χ1v) is 6.68. The van der Waals surface area contributed by atoms with Crippen molar-refractivity contribution in [3.8, 4) is 11.5 Å². The number of benzene rings is 1. The third kappa shape index (κ3) is 3.30. The van der Waals surface area contributed by atoms with Crippen molar-refractivity contribution in [2.24, 2.45) is 5.73 Å². The highest BCUT2D eigenvalue weighted by Crippen LogP contribution is 2.25. The van der Waals surface area contributed by atoms with Crippen LogP contribution in [0.5, 0.6) is 11.5 Å². The van der Waals surface area contributed by atoms with E-state index in [1.807, 2.05) is 6.08 Å². The molecule has 0 unspecified atom stereocenters. The third-order valence-electron chi connectivity index (χ3n) is 3.56. The van der Waals surface area contributed by atoms with E-state index in [1.54, 1.807) is 11.0 Å². The summed E-state index contributed by atoms with van der Waals surface area (Å²) in [7, 11) is 0. The van der Waals surface area contributed by atoms with Gasteiger partial charge < -0.3 is 20.8 Å². The van der Waals surface area contributed by atoms with Gasteiger partial charge in [0.1, 0.15) is 0 Å². The molecule has 0 aliphatic carbocycles. The Hall–Kier alpha value is -2.01. The van der Waals surface area contributed by atoms with Crippen LogP contribution in [0.2, 0.25) is 0 Å². The maximum atomic E-state index is 12.2. The molecule has 5 heteroatoms. The number of carbonyl (C=O) groups excluding carboxylic acids is 1. The molecular formula is C15H20N2O3. The Labute approximate surface area is 118 Å². The van der Waals surface area contributed by atoms with E-state index in [9.17, 15) is 15.0 Å². The summed E-state index contributed by atoms with van der Waals surface area (Å²) in [4.78, 5) is 14.0. The summed E-state index contributed by atoms with van der Waals surface area (Å²) in [6.07, 6.45) is 3.27. The van der Waals surface area contributed by atoms with Crippen LogP contribution in [-0.2, 0) is 11.2 Å². The zero-order valence-electron chi connectivity index (χ0n) is 11.5. The molecule has 108 valence electrons. The molecule has 1 aliphatic rings. The Kier molecular flexibility index (Phi) is 4.29. The van der Waals surface area contributed by atoms with Crippen LogP contribution in [0.15, 0.2) is 29.8 Å². The van der Waals surface area contributed by atoms with Gasteiger partial charge in [0, 0.05) is 13.1 Å². The zero-order chi connectivity index (χ0) is 14.7. The van der Waals surface area contributed by atoms with Crippen molar-refractivity contribution in [3.05, 3.63) is 35.4 Å². The van der Waals surface area contributed by atoms with E-state index in [2.05, 4.69) is 6.92 Å². The van der Waals surface area contributed by atoms with Gasteiger partial charge in [-0.15, -0.1) is 0 Å². The quantitative estimate of drug-likeness (QED) is 0.571. The third-order valence-corrected chi connectivity index (χ3v) is 3.56. The van der Waals surface area contributed by atoms with Crippen LogP contribution in [0.4, 0.5) is 0 Å². The van der Waals surface area contributed by atoms with Crippen molar-refractivity contribution in [1.29, 1.82) is 0 Å². The van der Waals surface area contributed by atoms with Crippen LogP contribution in [-0.4, -0.2) is 40.2 Å². The number of rotatable bonds is 3. The lowest BCUT2D eigenvalue weighted by molar-refractivity contribution is -0.132. The number of carbonyl (C=O) groups is 1. The van der Waals surface area contributed by atoms with Gasteiger partial charge in [-0.1, -0.05) is 17.7 Å². The van der Waals surface area contributed by atoms with Crippen LogP contribution in [0.1, 0.15) is 18.9 Å². The number of nitrogens with two attached hydrogens (primary N) is 1. The second-order valence-corrected chi connectivity index (χ2v) is 5.22. The van der Waals surface area contributed by atoms with Crippen LogP contribution in [0.25, 0.3) is 0 Å². The minimum Gasteiger partial charge on any atom is -0.504 e. The van der Waals surface area contributed by atoms with Crippen LogP contribution >= 0.6 is 0 Å². The molecule has 5 nitrogen and oxygen atoms in total. The number of aromatic hydroxyl groups is 2. The summed E-state index contributed by atoms with van der Waals surface area (Å²) in [6.45, 7) is 3.37. The van der Waals surface area contributed by atoms with Gasteiger partial charge >= 0.3 is 0 Å². The number of nitrogens with zero attached hydrogens (tertiary/aromatic N) is 1. The van der Waals surface area contributed by atoms with Gasteiger partial charge in [0.2, 0.25) is 5.91 Å². The van der Waals surface area contributed by atoms with E-state index in [-0.39, 0.29) is 17.4 Å². The SMILES string of the molecule is CC1=CCN(C(=O)[C@@H](N)Cc2ccc(O)c(O)c2)CC1. The fourth-order valence-corrected chi connectivity index (χ4v) is 2.24. The molecule has 1 aliphatic heterocycles. The van der Waals surface area contributed by atoms with E-state index < -0.39 is 6.04 Å². The predicted octanol–water partition coefficient (Wildman–Crippen LogP) is 1.15. The van der Waals surface area contributed by atoms with Crippen molar-refractivity contribution >= 4 is 5.91 Å². The molecule has 4 N–H and O–H groups in total. The smallest absolute Gasteiger partial charge is 0.240 e. The van der Waals surface area contributed by atoms with Gasteiger partial charge in [0.25, 0.3) is 0 Å². The molecule has 1 atom stereocenters. The summed E-state index contributed by atoms with van der Waals surface area (Å²) < 4.78 is 0. The van der Waals surface area contributed by atoms with Gasteiger partial charge in [-0.2, -0.15) is 0 Å². The Balaban J connectivity index is 1.98. The number of amides is 1. The lowest BCUT2D eigenvalue weighted by Crippen LogP contribution is -2.46. The second-order valence-electron chi connectivity index (χ2n) is 5.22. The minimum atomic E-state index is -0.634. The van der Waals surface area contributed by atoms with Crippen LogP contribution < -0.4 is 5.73 Å². The van der Waals surface area contributed by atoms with E-state index in [1.165, 1.54) is 17.7 Å². The molecule has 0 saturated heterocycles. The molecule has 1 aromatic carbocycles. The Bertz CT molecular complexity index is 540. The fraction of sp³-hybridized carbons (Fsp3) is 0.400. The number of hydrogen-bond acceptors (Lipinski definition) is 4. The van der Waals surface area contributed by atoms with E-state index >= 15 is 0 Å². The monoisotopic (exact) mass is 276 g/mol. The minimum absolute atomic E-state index is 0.0821. The van der Waals surface area contributed by atoms with Crippen molar-refractivity contribution in [3.63, 3.8) is 0 Å². The first-order chi connectivity index (χ1) is 9.47. The highest BCUT2D eigenvalue weighted by atomic mass is 16.3. The summed E-state index contributed by atoms with van der Waals surface area (Å²) in [5.41, 5.74) is 7.97. The molecule has 0 fully saturated rings. The van der Waals surface area contributed by atoms with Crippen molar-refractivity contribution < 1.29 is 15.0 Å². The summed E-state index contributed by atoms with van der Waals surface area (Å²) in [5.74, 6) is -0.453. The van der Waals surface area contributed by atoms with Gasteiger partial charge in [-0.3, -0.25) is 4.79 Å². The van der Waals surface area contributed by atoms with Gasteiger partial charge in [-0.25, -0.2) is 0 Å². The fourth-order valence-electron chi connectivity index (χ4n) is 2.24. The van der Waals surface area contributed by atoms with E-state index in [0.29, 0.717) is 19.5 Å². The maximum Gasteiger partial charge on any atom is 0.240 e. The van der Waals surface area contributed by atoms with Crippen molar-refractivity contribution in [1.82, 2.24) is 4.90 Å². The molecule has 1 amide bonds. The van der Waals surface area contributed by atoms with Crippen molar-refractivity contribution in [2.45, 2.75) is 25.8 Å². The molecular weight excluding hydrogens is 256 g/mol. The summed E-state index contributed by atoms with van der Waals surface area (Å²) in [5, 5.41) is 18.7. The number of phenols is 2. The molecule has 0 aromatic heterocycles. The van der Waals surface area contributed by atoms with Gasteiger partial charge in [0.15, 0.2) is 11.5 Å². The van der Waals surface area contributed by atoms with E-state index in [0.717, 1.165) is 12.0 Å². The van der Waals surface area contributed by atoms with Crippen LogP contribution in [0.3, 0.4) is 0 Å². The summed E-state index contributed by atoms with van der Waals surface area (Å²) in [6, 6.07) is 3.85. The standard InChI is InChI=1S/C15H20N2O3/c1-10-4-6-17(7-5-10)15(20)12(16)8-11-2-3-13(18)14(19)9-11/h2-4,9,12,18-19H,5-8,16H2,1H3/t12-/m0/s1. The molecule has 0 radical (unpaired) electrons.